The molecule has 0 bridgehead atoms. The van der Waals surface area contributed by atoms with Gasteiger partial charge >= 0.3 is 0 Å². The Kier molecular flexibility index (Phi) is 4.56. The highest BCUT2D eigenvalue weighted by atomic mass is 19.1. The monoisotopic (exact) mass is 344 g/mol. The molecule has 6 nitrogen and oxygen atoms in total. The number of amides is 2. The van der Waals surface area contributed by atoms with Crippen LogP contribution in [0.25, 0.3) is 0 Å². The zero-order valence-electron chi connectivity index (χ0n) is 13.8. The van der Waals surface area contributed by atoms with Crippen molar-refractivity contribution in [2.75, 3.05) is 24.9 Å². The Balaban J connectivity index is 1.88. The zero-order chi connectivity index (χ0) is 18.0. The molecule has 2 aromatic carbocycles. The maximum absolute atomic E-state index is 13.4. The third-order valence-electron chi connectivity index (χ3n) is 4.04. The molecular weight excluding hydrogens is 327 g/mol. The Labute approximate surface area is 143 Å². The van der Waals surface area contributed by atoms with Crippen LogP contribution in [0.3, 0.4) is 0 Å². The summed E-state index contributed by atoms with van der Waals surface area (Å²) in [6, 6.07) is 8.98. The summed E-state index contributed by atoms with van der Waals surface area (Å²) in [4.78, 5) is 24.6. The van der Waals surface area contributed by atoms with E-state index in [1.165, 1.54) is 32.4 Å². The van der Waals surface area contributed by atoms with Gasteiger partial charge in [-0.25, -0.2) is 4.39 Å². The molecule has 130 valence electrons. The molecule has 0 aromatic heterocycles. The number of halogens is 1. The number of benzene rings is 2. The Morgan fingerprint density at radius 2 is 2.00 bits per heavy atom. The second-order valence-electron chi connectivity index (χ2n) is 5.59. The molecule has 0 fully saturated rings. The Hall–Kier alpha value is -3.09. The van der Waals surface area contributed by atoms with E-state index >= 15 is 0 Å². The standard InChI is InChI=1S/C18H17FN2O4/c1-24-11-4-6-14(16(8-11)25-2)21-18(23)13-9-17(22)20-15-7-10(19)3-5-12(13)15/h3-8,13H,9H2,1-2H3,(H,20,22)(H,21,23). The molecule has 2 aromatic rings. The van der Waals surface area contributed by atoms with Crippen molar-refractivity contribution >= 4 is 23.2 Å². The van der Waals surface area contributed by atoms with Gasteiger partial charge in [0.05, 0.1) is 25.8 Å². The lowest BCUT2D eigenvalue weighted by molar-refractivity contribution is -0.123. The largest absolute Gasteiger partial charge is 0.497 e. The highest BCUT2D eigenvalue weighted by Crippen LogP contribution is 2.35. The van der Waals surface area contributed by atoms with Crippen molar-refractivity contribution in [2.24, 2.45) is 0 Å². The number of nitrogens with one attached hydrogen (secondary N) is 2. The van der Waals surface area contributed by atoms with Crippen LogP contribution in [0.5, 0.6) is 11.5 Å². The molecule has 1 aliphatic rings. The van der Waals surface area contributed by atoms with Crippen molar-refractivity contribution in [1.29, 1.82) is 0 Å². The first-order valence-electron chi connectivity index (χ1n) is 7.64. The lowest BCUT2D eigenvalue weighted by Gasteiger charge is -2.25. The molecule has 0 spiro atoms. The van der Waals surface area contributed by atoms with Gasteiger partial charge in [-0.3, -0.25) is 9.59 Å². The van der Waals surface area contributed by atoms with E-state index in [0.717, 1.165) is 0 Å². The number of carbonyl (C=O) groups excluding carboxylic acids is 2. The third-order valence-corrected chi connectivity index (χ3v) is 4.04. The van der Waals surface area contributed by atoms with E-state index in [4.69, 9.17) is 9.47 Å². The minimum atomic E-state index is -0.712. The van der Waals surface area contributed by atoms with Crippen LogP contribution >= 0.6 is 0 Å². The van der Waals surface area contributed by atoms with Crippen molar-refractivity contribution in [3.63, 3.8) is 0 Å². The normalized spacial score (nSPS) is 15.8. The number of carbonyl (C=O) groups is 2. The van der Waals surface area contributed by atoms with E-state index in [-0.39, 0.29) is 18.2 Å². The fraction of sp³-hybridized carbons (Fsp3) is 0.222. The van der Waals surface area contributed by atoms with Crippen LogP contribution in [-0.2, 0) is 9.59 Å². The SMILES string of the molecule is COc1ccc(NC(=O)C2CC(=O)Nc3cc(F)ccc32)c(OC)c1. The molecule has 25 heavy (non-hydrogen) atoms. The zero-order valence-corrected chi connectivity index (χ0v) is 13.8. The summed E-state index contributed by atoms with van der Waals surface area (Å²) in [5.74, 6) is -0.862. The van der Waals surface area contributed by atoms with Crippen LogP contribution in [0.15, 0.2) is 36.4 Å². The fourth-order valence-electron chi connectivity index (χ4n) is 2.79. The lowest BCUT2D eigenvalue weighted by atomic mass is 9.89. The van der Waals surface area contributed by atoms with Crippen molar-refractivity contribution in [3.05, 3.63) is 47.8 Å². The number of methoxy groups -OCH3 is 2. The number of fused-ring (bicyclic) bond motifs is 1. The van der Waals surface area contributed by atoms with Gasteiger partial charge in [0.1, 0.15) is 17.3 Å². The van der Waals surface area contributed by atoms with Crippen LogP contribution in [0, 0.1) is 5.82 Å². The van der Waals surface area contributed by atoms with E-state index in [2.05, 4.69) is 10.6 Å². The van der Waals surface area contributed by atoms with Gasteiger partial charge in [0.25, 0.3) is 0 Å². The van der Waals surface area contributed by atoms with Gasteiger partial charge in [-0.05, 0) is 29.8 Å². The molecule has 2 amide bonds. The van der Waals surface area contributed by atoms with E-state index < -0.39 is 11.7 Å². The minimum absolute atomic E-state index is 0.0110. The van der Waals surface area contributed by atoms with E-state index in [1.807, 2.05) is 0 Å². The Bertz CT molecular complexity index is 838. The summed E-state index contributed by atoms with van der Waals surface area (Å²) >= 11 is 0. The fourth-order valence-corrected chi connectivity index (χ4v) is 2.79. The second-order valence-corrected chi connectivity index (χ2v) is 5.59. The van der Waals surface area contributed by atoms with E-state index in [1.54, 1.807) is 18.2 Å². The van der Waals surface area contributed by atoms with Crippen LogP contribution in [0.2, 0.25) is 0 Å². The van der Waals surface area contributed by atoms with Gasteiger partial charge in [0.15, 0.2) is 0 Å². The molecule has 0 aliphatic carbocycles. The summed E-state index contributed by atoms with van der Waals surface area (Å²) in [7, 11) is 3.01. The molecular formula is C18H17FN2O4. The van der Waals surface area contributed by atoms with Gasteiger partial charge in [-0.2, -0.15) is 0 Å². The first-order valence-corrected chi connectivity index (χ1v) is 7.64. The highest BCUT2D eigenvalue weighted by molar-refractivity contribution is 6.05. The van der Waals surface area contributed by atoms with Crippen molar-refractivity contribution in [2.45, 2.75) is 12.3 Å². The molecule has 2 N–H and O–H groups in total. The molecule has 3 rings (SSSR count). The first kappa shape index (κ1) is 16.8. The predicted octanol–water partition coefficient (Wildman–Crippen LogP) is 2.91. The first-order chi connectivity index (χ1) is 12.0. The summed E-state index contributed by atoms with van der Waals surface area (Å²) < 4.78 is 23.8. The van der Waals surface area contributed by atoms with Crippen molar-refractivity contribution < 1.29 is 23.5 Å². The lowest BCUT2D eigenvalue weighted by Crippen LogP contribution is -2.31. The van der Waals surface area contributed by atoms with E-state index in [0.29, 0.717) is 28.4 Å². The van der Waals surface area contributed by atoms with Gasteiger partial charge in [-0.1, -0.05) is 6.07 Å². The van der Waals surface area contributed by atoms with Gasteiger partial charge in [-0.15, -0.1) is 0 Å². The smallest absolute Gasteiger partial charge is 0.232 e. The van der Waals surface area contributed by atoms with E-state index in [9.17, 15) is 14.0 Å². The van der Waals surface area contributed by atoms with Crippen LogP contribution < -0.4 is 20.1 Å². The topological polar surface area (TPSA) is 76.7 Å². The molecule has 1 unspecified atom stereocenters. The molecule has 0 radical (unpaired) electrons. The average Bonchev–Trinajstić information content (AvgIpc) is 2.60. The quantitative estimate of drug-likeness (QED) is 0.894. The number of anilines is 2. The summed E-state index contributed by atoms with van der Waals surface area (Å²) in [5.41, 5.74) is 1.35. The number of rotatable bonds is 4. The predicted molar refractivity (Wildman–Crippen MR) is 90.6 cm³/mol. The maximum Gasteiger partial charge on any atom is 0.232 e. The summed E-state index contributed by atoms with van der Waals surface area (Å²) in [6.07, 6.45) is -0.0110. The molecule has 7 heteroatoms. The molecule has 0 saturated heterocycles. The second kappa shape index (κ2) is 6.80. The number of hydrogen-bond donors (Lipinski definition) is 2. The highest BCUT2D eigenvalue weighted by Gasteiger charge is 2.31. The average molecular weight is 344 g/mol. The molecule has 1 heterocycles. The van der Waals surface area contributed by atoms with Crippen LogP contribution in [0.4, 0.5) is 15.8 Å². The Morgan fingerprint density at radius 1 is 1.20 bits per heavy atom. The van der Waals surface area contributed by atoms with Crippen LogP contribution in [0.1, 0.15) is 17.9 Å². The maximum atomic E-state index is 13.4. The minimum Gasteiger partial charge on any atom is -0.497 e. The van der Waals surface area contributed by atoms with Crippen LogP contribution in [-0.4, -0.2) is 26.0 Å². The molecule has 1 atom stereocenters. The summed E-state index contributed by atoms with van der Waals surface area (Å²) in [6.45, 7) is 0. The van der Waals surface area contributed by atoms with Gasteiger partial charge in [0, 0.05) is 18.2 Å². The van der Waals surface area contributed by atoms with Gasteiger partial charge in [0.2, 0.25) is 11.8 Å². The number of hydrogen-bond acceptors (Lipinski definition) is 4. The van der Waals surface area contributed by atoms with Crippen molar-refractivity contribution in [1.82, 2.24) is 0 Å². The number of ether oxygens (including phenoxy) is 2. The van der Waals surface area contributed by atoms with Crippen molar-refractivity contribution in [3.8, 4) is 11.5 Å². The Morgan fingerprint density at radius 3 is 2.72 bits per heavy atom. The van der Waals surface area contributed by atoms with Gasteiger partial charge < -0.3 is 20.1 Å². The molecule has 0 saturated carbocycles. The summed E-state index contributed by atoms with van der Waals surface area (Å²) in [5, 5.41) is 5.35. The molecule has 1 aliphatic heterocycles. The third kappa shape index (κ3) is 3.40.